The average Bonchev–Trinajstić information content (AvgIpc) is 2.98. The van der Waals surface area contributed by atoms with Crippen LogP contribution in [0.4, 0.5) is 0 Å². The third-order valence-electron chi connectivity index (χ3n) is 3.61. The smallest absolute Gasteiger partial charge is 0.225 e. The number of hydrogen-bond acceptors (Lipinski definition) is 6. The van der Waals surface area contributed by atoms with Gasteiger partial charge in [0.05, 0.1) is 20.9 Å². The molecule has 1 aromatic heterocycles. The minimum absolute atomic E-state index is 0.0256. The number of nitrogens with zero attached hydrogens (tertiary/aromatic N) is 1. The lowest BCUT2D eigenvalue weighted by Gasteiger charge is -2.07. The second-order valence-corrected chi connectivity index (χ2v) is 10.4. The van der Waals surface area contributed by atoms with Gasteiger partial charge in [-0.2, -0.15) is 0 Å². The van der Waals surface area contributed by atoms with Crippen molar-refractivity contribution in [2.45, 2.75) is 22.6 Å². The number of primary sulfonamides is 1. The maximum Gasteiger partial charge on any atom is 0.238 e. The number of benzene rings is 2. The summed E-state index contributed by atoms with van der Waals surface area (Å²) in [4.78, 5) is 4.22. The normalized spacial score (nSPS) is 12.6. The van der Waals surface area contributed by atoms with E-state index in [4.69, 9.17) is 5.14 Å². The molecule has 0 radical (unpaired) electrons. The summed E-state index contributed by atoms with van der Waals surface area (Å²) in [6.07, 6.45) is 0.519. The predicted octanol–water partition coefficient (Wildman–Crippen LogP) is 2.79. The molecule has 25 heavy (non-hydrogen) atoms. The number of rotatable bonds is 5. The molecule has 0 amide bonds. The van der Waals surface area contributed by atoms with E-state index in [9.17, 15) is 16.8 Å². The summed E-state index contributed by atoms with van der Waals surface area (Å²) in [5.41, 5.74) is 1.68. The van der Waals surface area contributed by atoms with Crippen molar-refractivity contribution in [2.24, 2.45) is 5.14 Å². The lowest BCUT2D eigenvalue weighted by molar-refractivity contribution is 0.593. The molecule has 0 saturated heterocycles. The van der Waals surface area contributed by atoms with E-state index in [1.165, 1.54) is 6.07 Å². The Labute approximate surface area is 150 Å². The van der Waals surface area contributed by atoms with Crippen LogP contribution in [0.2, 0.25) is 0 Å². The third kappa shape index (κ3) is 3.59. The topological polar surface area (TPSA) is 107 Å². The minimum Gasteiger partial charge on any atom is -0.225 e. The van der Waals surface area contributed by atoms with Crippen molar-refractivity contribution in [3.8, 4) is 11.1 Å². The molecule has 0 bridgehead atoms. The molecule has 0 atom stereocenters. The number of thiazole rings is 1. The molecule has 0 aliphatic carbocycles. The van der Waals surface area contributed by atoms with Gasteiger partial charge in [-0.05, 0) is 30.2 Å². The third-order valence-corrected chi connectivity index (χ3v) is 7.98. The molecule has 0 fully saturated rings. The van der Waals surface area contributed by atoms with Crippen LogP contribution in [0.1, 0.15) is 13.3 Å². The summed E-state index contributed by atoms with van der Waals surface area (Å²) < 4.78 is 48.7. The molecule has 3 aromatic rings. The molecular weight excluding hydrogens is 380 g/mol. The molecular formula is C16H16N2O4S3. The fraction of sp³-hybridized carbons (Fsp3) is 0.188. The van der Waals surface area contributed by atoms with Crippen molar-refractivity contribution in [1.82, 2.24) is 4.98 Å². The molecule has 0 aliphatic heterocycles. The monoisotopic (exact) mass is 396 g/mol. The molecule has 6 nitrogen and oxygen atoms in total. The van der Waals surface area contributed by atoms with Gasteiger partial charge >= 0.3 is 0 Å². The van der Waals surface area contributed by atoms with Crippen LogP contribution in [0.3, 0.4) is 0 Å². The van der Waals surface area contributed by atoms with Crippen molar-refractivity contribution in [2.75, 3.05) is 5.75 Å². The molecule has 0 spiro atoms. The molecule has 2 aromatic carbocycles. The molecule has 9 heteroatoms. The van der Waals surface area contributed by atoms with Crippen molar-refractivity contribution < 1.29 is 16.8 Å². The lowest BCUT2D eigenvalue weighted by atomic mass is 10.1. The zero-order chi connectivity index (χ0) is 18.2. The van der Waals surface area contributed by atoms with Crippen molar-refractivity contribution >= 4 is 41.4 Å². The van der Waals surface area contributed by atoms with Crippen LogP contribution >= 0.6 is 11.3 Å². The van der Waals surface area contributed by atoms with Gasteiger partial charge in [0.2, 0.25) is 24.2 Å². The number of sulfonamides is 1. The molecule has 0 unspecified atom stereocenters. The first kappa shape index (κ1) is 18.0. The molecule has 132 valence electrons. The van der Waals surface area contributed by atoms with E-state index >= 15 is 0 Å². The fourth-order valence-electron chi connectivity index (χ4n) is 2.51. The van der Waals surface area contributed by atoms with Crippen molar-refractivity contribution in [3.63, 3.8) is 0 Å². The van der Waals surface area contributed by atoms with Gasteiger partial charge in [-0.15, -0.1) is 11.3 Å². The first-order valence-corrected chi connectivity index (χ1v) is 11.5. The van der Waals surface area contributed by atoms with E-state index in [2.05, 4.69) is 4.98 Å². The predicted molar refractivity (Wildman–Crippen MR) is 98.8 cm³/mol. The summed E-state index contributed by atoms with van der Waals surface area (Å²) in [5.74, 6) is 0.0495. The van der Waals surface area contributed by atoms with E-state index in [1.807, 2.05) is 0 Å². The Morgan fingerprint density at radius 2 is 1.80 bits per heavy atom. The molecule has 2 N–H and O–H groups in total. The first-order valence-electron chi connectivity index (χ1n) is 7.48. The van der Waals surface area contributed by atoms with E-state index < -0.39 is 19.9 Å². The SMILES string of the molecule is CCCS(=O)(=O)c1nc2ccc(-c3ccccc3S(N)(=O)=O)cc2s1. The Morgan fingerprint density at radius 3 is 2.48 bits per heavy atom. The van der Waals surface area contributed by atoms with Gasteiger partial charge in [-0.25, -0.2) is 27.0 Å². The van der Waals surface area contributed by atoms with Crippen LogP contribution in [-0.4, -0.2) is 27.6 Å². The maximum absolute atomic E-state index is 12.2. The van der Waals surface area contributed by atoms with E-state index in [1.54, 1.807) is 43.3 Å². The Bertz CT molecular complexity index is 1150. The van der Waals surface area contributed by atoms with E-state index in [-0.39, 0.29) is 15.0 Å². The first-order chi connectivity index (χ1) is 11.7. The molecule has 3 rings (SSSR count). The molecule has 0 saturated carbocycles. The standard InChI is InChI=1S/C16H16N2O4S3/c1-2-9-24(19,20)16-18-13-8-7-11(10-14(13)23-16)12-5-3-4-6-15(12)25(17,21)22/h3-8,10H,2,9H2,1H3,(H2,17,21,22). The zero-order valence-corrected chi connectivity index (χ0v) is 15.8. The lowest BCUT2D eigenvalue weighted by Crippen LogP contribution is -2.13. The number of hydrogen-bond donors (Lipinski definition) is 1. The van der Waals surface area contributed by atoms with E-state index in [0.717, 1.165) is 11.3 Å². The van der Waals surface area contributed by atoms with Gasteiger partial charge in [-0.3, -0.25) is 0 Å². The highest BCUT2D eigenvalue weighted by Gasteiger charge is 2.20. The molecule has 1 heterocycles. The summed E-state index contributed by atoms with van der Waals surface area (Å²) >= 11 is 1.09. The zero-order valence-electron chi connectivity index (χ0n) is 13.3. The Hall–Kier alpha value is -1.81. The Balaban J connectivity index is 2.16. The summed E-state index contributed by atoms with van der Waals surface area (Å²) in [6.45, 7) is 1.80. The van der Waals surface area contributed by atoms with Gasteiger partial charge in [0.25, 0.3) is 0 Å². The number of sulfone groups is 1. The number of fused-ring (bicyclic) bond motifs is 1. The van der Waals surface area contributed by atoms with Crippen LogP contribution in [0.25, 0.3) is 21.3 Å². The highest BCUT2D eigenvalue weighted by Crippen LogP contribution is 2.33. The highest BCUT2D eigenvalue weighted by molar-refractivity contribution is 7.93. The largest absolute Gasteiger partial charge is 0.238 e. The summed E-state index contributed by atoms with van der Waals surface area (Å²) in [6, 6.07) is 11.6. The number of nitrogens with two attached hydrogens (primary N) is 1. The van der Waals surface area contributed by atoms with Crippen molar-refractivity contribution in [1.29, 1.82) is 0 Å². The van der Waals surface area contributed by atoms with Crippen LogP contribution in [0, 0.1) is 0 Å². The van der Waals surface area contributed by atoms with Crippen LogP contribution in [-0.2, 0) is 19.9 Å². The van der Waals surface area contributed by atoms with Crippen LogP contribution < -0.4 is 5.14 Å². The average molecular weight is 397 g/mol. The minimum atomic E-state index is -3.87. The quantitative estimate of drug-likeness (QED) is 0.713. The van der Waals surface area contributed by atoms with Crippen molar-refractivity contribution in [3.05, 3.63) is 42.5 Å². The van der Waals surface area contributed by atoms with Gasteiger partial charge in [0.1, 0.15) is 0 Å². The Morgan fingerprint density at radius 1 is 1.08 bits per heavy atom. The summed E-state index contributed by atoms with van der Waals surface area (Å²) in [7, 11) is -7.26. The maximum atomic E-state index is 12.2. The van der Waals surface area contributed by atoms with E-state index in [0.29, 0.717) is 27.8 Å². The van der Waals surface area contributed by atoms with Crippen LogP contribution in [0.15, 0.2) is 51.7 Å². The van der Waals surface area contributed by atoms with Gasteiger partial charge in [0.15, 0.2) is 0 Å². The summed E-state index contributed by atoms with van der Waals surface area (Å²) in [5, 5.41) is 5.29. The second-order valence-electron chi connectivity index (χ2n) is 5.52. The Kier molecular flexibility index (Phi) is 4.67. The second kappa shape index (κ2) is 6.49. The van der Waals surface area contributed by atoms with Gasteiger partial charge in [0, 0.05) is 5.56 Å². The number of aromatic nitrogens is 1. The molecule has 0 aliphatic rings. The van der Waals surface area contributed by atoms with Gasteiger partial charge < -0.3 is 0 Å². The fourth-order valence-corrected chi connectivity index (χ4v) is 5.99. The highest BCUT2D eigenvalue weighted by atomic mass is 32.2. The van der Waals surface area contributed by atoms with Crippen LogP contribution in [0.5, 0.6) is 0 Å². The van der Waals surface area contributed by atoms with Gasteiger partial charge in [-0.1, -0.05) is 31.2 Å².